The van der Waals surface area contributed by atoms with Crippen molar-refractivity contribution in [2.45, 2.75) is 26.8 Å². The average Bonchev–Trinajstić information content (AvgIpc) is 2.85. The van der Waals surface area contributed by atoms with E-state index in [1.807, 2.05) is 43.6 Å². The summed E-state index contributed by atoms with van der Waals surface area (Å²) >= 11 is 0. The van der Waals surface area contributed by atoms with Gasteiger partial charge in [0, 0.05) is 30.9 Å². The summed E-state index contributed by atoms with van der Waals surface area (Å²) in [5.41, 5.74) is 2.46. The van der Waals surface area contributed by atoms with Crippen LogP contribution in [-0.2, 0) is 18.4 Å². The van der Waals surface area contributed by atoms with Gasteiger partial charge in [-0.2, -0.15) is 5.10 Å². The van der Waals surface area contributed by atoms with E-state index >= 15 is 0 Å². The quantitative estimate of drug-likeness (QED) is 0.772. The minimum atomic E-state index is -0.763. The molecule has 0 atom stereocenters. The van der Waals surface area contributed by atoms with Crippen LogP contribution >= 0.6 is 0 Å². The van der Waals surface area contributed by atoms with Crippen LogP contribution in [0.4, 0.5) is 0 Å². The Morgan fingerprint density at radius 2 is 2.00 bits per heavy atom. The summed E-state index contributed by atoms with van der Waals surface area (Å²) in [4.78, 5) is 11.1. The molecule has 1 aromatic carbocycles. The van der Waals surface area contributed by atoms with Crippen molar-refractivity contribution in [1.29, 1.82) is 0 Å². The number of benzene rings is 1. The third kappa shape index (κ3) is 3.95. The van der Waals surface area contributed by atoms with Crippen LogP contribution in [0.3, 0.4) is 0 Å². The molecule has 2 N–H and O–H groups in total. The maximum Gasteiger partial charge on any atom is 0.309 e. The van der Waals surface area contributed by atoms with Crippen LogP contribution in [0, 0.1) is 5.41 Å². The van der Waals surface area contributed by atoms with Crippen molar-refractivity contribution in [3.63, 3.8) is 0 Å². The van der Waals surface area contributed by atoms with Crippen LogP contribution in [0.25, 0.3) is 11.3 Å². The molecular weight excluding hydrogens is 278 g/mol. The average molecular weight is 301 g/mol. The van der Waals surface area contributed by atoms with Crippen molar-refractivity contribution in [2.24, 2.45) is 12.5 Å². The van der Waals surface area contributed by atoms with Gasteiger partial charge in [-0.25, -0.2) is 0 Å². The van der Waals surface area contributed by atoms with Gasteiger partial charge in [-0.05, 0) is 26.8 Å². The predicted octanol–water partition coefficient (Wildman–Crippen LogP) is 2.68. The largest absolute Gasteiger partial charge is 0.481 e. The van der Waals surface area contributed by atoms with Gasteiger partial charge >= 0.3 is 5.97 Å². The lowest BCUT2D eigenvalue weighted by Crippen LogP contribution is -2.28. The summed E-state index contributed by atoms with van der Waals surface area (Å²) in [5, 5.41) is 17.0. The molecule has 0 saturated heterocycles. The third-order valence-corrected chi connectivity index (χ3v) is 3.77. The molecule has 22 heavy (non-hydrogen) atoms. The fraction of sp³-hybridized carbons (Fsp3) is 0.412. The molecule has 0 amide bonds. The zero-order valence-electron chi connectivity index (χ0n) is 13.3. The fourth-order valence-corrected chi connectivity index (χ4v) is 2.24. The molecule has 5 heteroatoms. The molecule has 118 valence electrons. The lowest BCUT2D eigenvalue weighted by molar-refractivity contribution is -0.147. The van der Waals surface area contributed by atoms with Crippen molar-refractivity contribution < 1.29 is 9.90 Å². The number of aromatic nitrogens is 2. The number of rotatable bonds is 7. The summed E-state index contributed by atoms with van der Waals surface area (Å²) in [6.45, 7) is 4.82. The number of aryl methyl sites for hydroxylation is 1. The highest BCUT2D eigenvalue weighted by Gasteiger charge is 2.26. The van der Waals surface area contributed by atoms with Gasteiger partial charge in [0.05, 0.1) is 11.1 Å². The molecule has 1 aromatic heterocycles. The zero-order chi connectivity index (χ0) is 16.2. The van der Waals surface area contributed by atoms with Crippen LogP contribution in [0.2, 0.25) is 0 Å². The highest BCUT2D eigenvalue weighted by molar-refractivity contribution is 5.73. The summed E-state index contributed by atoms with van der Waals surface area (Å²) in [6, 6.07) is 10.1. The van der Waals surface area contributed by atoms with E-state index in [1.165, 1.54) is 0 Å². The maximum absolute atomic E-state index is 11.1. The van der Waals surface area contributed by atoms with E-state index in [4.69, 9.17) is 5.11 Å². The lowest BCUT2D eigenvalue weighted by Gasteiger charge is -2.18. The van der Waals surface area contributed by atoms with Crippen LogP contribution < -0.4 is 5.32 Å². The highest BCUT2D eigenvalue weighted by atomic mass is 16.4. The molecule has 0 saturated carbocycles. The number of nitrogens with zero attached hydrogens (tertiary/aromatic N) is 2. The Morgan fingerprint density at radius 1 is 1.32 bits per heavy atom. The van der Waals surface area contributed by atoms with Crippen molar-refractivity contribution in [1.82, 2.24) is 15.1 Å². The summed E-state index contributed by atoms with van der Waals surface area (Å²) in [6.07, 6.45) is 2.58. The first kappa shape index (κ1) is 16.2. The Labute approximate surface area is 131 Å². The Bertz CT molecular complexity index is 633. The second-order valence-electron chi connectivity index (χ2n) is 6.16. The van der Waals surface area contributed by atoms with Gasteiger partial charge < -0.3 is 10.4 Å². The van der Waals surface area contributed by atoms with Gasteiger partial charge in [0.25, 0.3) is 0 Å². The number of carboxylic acid groups (broad SMARTS) is 1. The Balaban J connectivity index is 1.98. The maximum atomic E-state index is 11.1. The summed E-state index contributed by atoms with van der Waals surface area (Å²) in [7, 11) is 1.91. The minimum absolute atomic E-state index is 0.587. The molecule has 0 aliphatic rings. The second-order valence-corrected chi connectivity index (χ2v) is 6.16. The minimum Gasteiger partial charge on any atom is -0.481 e. The molecule has 2 rings (SSSR count). The Kier molecular flexibility index (Phi) is 4.98. The van der Waals surface area contributed by atoms with Crippen LogP contribution in [0.1, 0.15) is 25.8 Å². The number of nitrogens with one attached hydrogen (secondary N) is 1. The standard InChI is InChI=1S/C17H23N3O2/c1-17(2,16(21)22)9-10-18-11-14-12-20(3)19-15(14)13-7-5-4-6-8-13/h4-8,12,18H,9-11H2,1-3H3,(H,21,22). The van der Waals surface area contributed by atoms with Crippen molar-refractivity contribution in [3.05, 3.63) is 42.1 Å². The normalized spacial score (nSPS) is 11.6. The van der Waals surface area contributed by atoms with Crippen molar-refractivity contribution >= 4 is 5.97 Å². The van der Waals surface area contributed by atoms with E-state index in [-0.39, 0.29) is 0 Å². The van der Waals surface area contributed by atoms with Gasteiger partial charge in [-0.1, -0.05) is 30.3 Å². The fourth-order valence-electron chi connectivity index (χ4n) is 2.24. The van der Waals surface area contributed by atoms with Crippen LogP contribution in [0.5, 0.6) is 0 Å². The number of hydrogen-bond donors (Lipinski definition) is 2. The number of carbonyl (C=O) groups is 1. The third-order valence-electron chi connectivity index (χ3n) is 3.77. The van der Waals surface area contributed by atoms with E-state index in [2.05, 4.69) is 10.4 Å². The molecule has 2 aromatic rings. The first-order valence-electron chi connectivity index (χ1n) is 7.42. The topological polar surface area (TPSA) is 67.2 Å². The van der Waals surface area contributed by atoms with E-state index in [1.54, 1.807) is 18.5 Å². The SMILES string of the molecule is Cn1cc(CNCCC(C)(C)C(=O)O)c(-c2ccccc2)n1. The molecule has 0 spiro atoms. The highest BCUT2D eigenvalue weighted by Crippen LogP contribution is 2.22. The lowest BCUT2D eigenvalue weighted by atomic mass is 9.90. The Morgan fingerprint density at radius 3 is 2.64 bits per heavy atom. The number of hydrogen-bond acceptors (Lipinski definition) is 3. The van der Waals surface area contributed by atoms with Crippen LogP contribution in [-0.4, -0.2) is 27.4 Å². The molecule has 0 bridgehead atoms. The molecule has 5 nitrogen and oxygen atoms in total. The zero-order valence-corrected chi connectivity index (χ0v) is 13.3. The molecule has 0 fully saturated rings. The van der Waals surface area contributed by atoms with Gasteiger partial charge in [-0.3, -0.25) is 9.48 Å². The van der Waals surface area contributed by atoms with Crippen molar-refractivity contribution in [3.8, 4) is 11.3 Å². The molecular formula is C17H23N3O2. The van der Waals surface area contributed by atoms with Crippen molar-refractivity contribution in [2.75, 3.05) is 6.54 Å². The molecule has 0 radical (unpaired) electrons. The van der Waals surface area contributed by atoms with E-state index in [0.717, 1.165) is 16.8 Å². The van der Waals surface area contributed by atoms with Gasteiger partial charge in [0.1, 0.15) is 0 Å². The predicted molar refractivity (Wildman–Crippen MR) is 86.4 cm³/mol. The molecule has 0 aliphatic heterocycles. The summed E-state index contributed by atoms with van der Waals surface area (Å²) < 4.78 is 1.81. The number of aliphatic carboxylic acids is 1. The second kappa shape index (κ2) is 6.75. The smallest absolute Gasteiger partial charge is 0.309 e. The molecule has 0 aliphatic carbocycles. The van der Waals surface area contributed by atoms with E-state index in [9.17, 15) is 4.79 Å². The first-order chi connectivity index (χ1) is 10.4. The first-order valence-corrected chi connectivity index (χ1v) is 7.42. The number of carboxylic acids is 1. The van der Waals surface area contributed by atoms with Gasteiger partial charge in [0.2, 0.25) is 0 Å². The molecule has 0 unspecified atom stereocenters. The monoisotopic (exact) mass is 301 g/mol. The Hall–Kier alpha value is -2.14. The molecule has 1 heterocycles. The van der Waals surface area contributed by atoms with Crippen LogP contribution in [0.15, 0.2) is 36.5 Å². The van der Waals surface area contributed by atoms with E-state index < -0.39 is 11.4 Å². The van der Waals surface area contributed by atoms with Gasteiger partial charge in [0.15, 0.2) is 0 Å². The van der Waals surface area contributed by atoms with Gasteiger partial charge in [-0.15, -0.1) is 0 Å². The summed E-state index contributed by atoms with van der Waals surface area (Å²) in [5.74, 6) is -0.763. The van der Waals surface area contributed by atoms with E-state index in [0.29, 0.717) is 19.5 Å².